The monoisotopic (exact) mass is 233 g/mol. The van der Waals surface area contributed by atoms with Crippen molar-refractivity contribution in [1.82, 2.24) is 0 Å². The van der Waals surface area contributed by atoms with E-state index in [1.807, 2.05) is 24.3 Å². The number of hydrogen-bond donors (Lipinski definition) is 1. The van der Waals surface area contributed by atoms with Crippen LogP contribution in [0, 0.1) is 0 Å². The van der Waals surface area contributed by atoms with Crippen molar-refractivity contribution >= 4 is 17.6 Å². The van der Waals surface area contributed by atoms with Crippen LogP contribution in [0.1, 0.15) is 30.7 Å². The van der Waals surface area contributed by atoms with Crippen LogP contribution in [0.2, 0.25) is 0 Å². The molecule has 1 N–H and O–H groups in total. The molecule has 0 bridgehead atoms. The molecule has 1 aliphatic heterocycles. The Morgan fingerprint density at radius 3 is 2.94 bits per heavy atom. The SMILES string of the molecule is COC(=O)CCC[C@H]1C(=O)Nc2ccccc21. The van der Waals surface area contributed by atoms with Crippen LogP contribution in [-0.2, 0) is 14.3 Å². The average Bonchev–Trinajstić information content (AvgIpc) is 2.66. The van der Waals surface area contributed by atoms with E-state index < -0.39 is 0 Å². The van der Waals surface area contributed by atoms with Gasteiger partial charge in [0.25, 0.3) is 0 Å². The van der Waals surface area contributed by atoms with Crippen molar-refractivity contribution in [1.29, 1.82) is 0 Å². The molecule has 1 aromatic carbocycles. The summed E-state index contributed by atoms with van der Waals surface area (Å²) in [5.41, 5.74) is 1.92. The topological polar surface area (TPSA) is 55.4 Å². The fourth-order valence-electron chi connectivity index (χ4n) is 2.11. The highest BCUT2D eigenvalue weighted by Crippen LogP contribution is 2.35. The lowest BCUT2D eigenvalue weighted by Gasteiger charge is -2.07. The molecule has 1 aliphatic rings. The second kappa shape index (κ2) is 4.99. The number of benzene rings is 1. The van der Waals surface area contributed by atoms with E-state index in [1.54, 1.807) is 0 Å². The molecule has 0 unspecified atom stereocenters. The normalized spacial score (nSPS) is 17.5. The number of para-hydroxylation sites is 1. The van der Waals surface area contributed by atoms with Crippen molar-refractivity contribution in [2.45, 2.75) is 25.2 Å². The van der Waals surface area contributed by atoms with Crippen molar-refractivity contribution < 1.29 is 14.3 Å². The van der Waals surface area contributed by atoms with Crippen LogP contribution in [0.4, 0.5) is 5.69 Å². The molecule has 1 heterocycles. The van der Waals surface area contributed by atoms with E-state index in [2.05, 4.69) is 10.1 Å². The first-order chi connectivity index (χ1) is 8.22. The molecular formula is C13H15NO3. The molecule has 1 atom stereocenters. The number of esters is 1. The summed E-state index contributed by atoms with van der Waals surface area (Å²) in [4.78, 5) is 22.7. The van der Waals surface area contributed by atoms with E-state index in [4.69, 9.17) is 0 Å². The smallest absolute Gasteiger partial charge is 0.305 e. The Morgan fingerprint density at radius 2 is 2.18 bits per heavy atom. The van der Waals surface area contributed by atoms with E-state index in [1.165, 1.54) is 7.11 Å². The van der Waals surface area contributed by atoms with Gasteiger partial charge < -0.3 is 10.1 Å². The number of nitrogens with one attached hydrogen (secondary N) is 1. The number of carbonyl (C=O) groups is 2. The van der Waals surface area contributed by atoms with Gasteiger partial charge in [-0.2, -0.15) is 0 Å². The molecule has 0 radical (unpaired) electrons. The summed E-state index contributed by atoms with van der Waals surface area (Å²) < 4.78 is 4.57. The number of rotatable bonds is 4. The lowest BCUT2D eigenvalue weighted by Crippen LogP contribution is -2.12. The summed E-state index contributed by atoms with van der Waals surface area (Å²) in [6.45, 7) is 0. The minimum atomic E-state index is -0.225. The van der Waals surface area contributed by atoms with Gasteiger partial charge in [-0.1, -0.05) is 18.2 Å². The number of hydrogen-bond acceptors (Lipinski definition) is 3. The van der Waals surface area contributed by atoms with Crippen molar-refractivity contribution in [3.05, 3.63) is 29.8 Å². The quantitative estimate of drug-likeness (QED) is 0.810. The van der Waals surface area contributed by atoms with Gasteiger partial charge in [-0.3, -0.25) is 9.59 Å². The summed E-state index contributed by atoms with van der Waals surface area (Å²) in [5.74, 6) is -0.330. The first-order valence-corrected chi connectivity index (χ1v) is 5.69. The molecule has 1 amide bonds. The van der Waals surface area contributed by atoms with Crippen LogP contribution in [0.25, 0.3) is 0 Å². The van der Waals surface area contributed by atoms with Crippen LogP contribution in [-0.4, -0.2) is 19.0 Å². The first kappa shape index (κ1) is 11.6. The molecule has 17 heavy (non-hydrogen) atoms. The van der Waals surface area contributed by atoms with Gasteiger partial charge in [-0.15, -0.1) is 0 Å². The third-order valence-electron chi connectivity index (χ3n) is 3.01. The molecular weight excluding hydrogens is 218 g/mol. The minimum absolute atomic E-state index is 0.0241. The molecule has 90 valence electrons. The summed E-state index contributed by atoms with van der Waals surface area (Å²) in [6, 6.07) is 7.67. The summed E-state index contributed by atoms with van der Waals surface area (Å²) in [5, 5.41) is 2.84. The van der Waals surface area contributed by atoms with Gasteiger partial charge in [0.05, 0.1) is 13.0 Å². The zero-order valence-electron chi connectivity index (χ0n) is 9.73. The highest BCUT2D eigenvalue weighted by atomic mass is 16.5. The molecule has 1 aromatic rings. The maximum atomic E-state index is 11.7. The van der Waals surface area contributed by atoms with E-state index in [0.717, 1.165) is 11.3 Å². The number of ether oxygens (including phenoxy) is 1. The Hall–Kier alpha value is -1.84. The van der Waals surface area contributed by atoms with Crippen LogP contribution in [0.3, 0.4) is 0 Å². The molecule has 0 saturated heterocycles. The van der Waals surface area contributed by atoms with E-state index in [0.29, 0.717) is 19.3 Å². The number of fused-ring (bicyclic) bond motifs is 1. The predicted molar refractivity (Wildman–Crippen MR) is 63.7 cm³/mol. The van der Waals surface area contributed by atoms with Crippen molar-refractivity contribution in [2.75, 3.05) is 12.4 Å². The largest absolute Gasteiger partial charge is 0.469 e. The molecule has 0 aliphatic carbocycles. The molecule has 2 rings (SSSR count). The Labute approximate surface area is 100.0 Å². The number of carbonyl (C=O) groups excluding carboxylic acids is 2. The minimum Gasteiger partial charge on any atom is -0.469 e. The molecule has 0 fully saturated rings. The van der Waals surface area contributed by atoms with Gasteiger partial charge >= 0.3 is 5.97 Å². The second-order valence-electron chi connectivity index (χ2n) is 4.10. The van der Waals surface area contributed by atoms with Crippen molar-refractivity contribution in [3.8, 4) is 0 Å². The van der Waals surface area contributed by atoms with Gasteiger partial charge in [0.2, 0.25) is 5.91 Å². The summed E-state index contributed by atoms with van der Waals surface area (Å²) in [7, 11) is 1.37. The zero-order valence-corrected chi connectivity index (χ0v) is 9.73. The molecule has 0 saturated carbocycles. The number of methoxy groups -OCH3 is 1. The van der Waals surface area contributed by atoms with Crippen LogP contribution >= 0.6 is 0 Å². The van der Waals surface area contributed by atoms with Gasteiger partial charge in [0.15, 0.2) is 0 Å². The van der Waals surface area contributed by atoms with Crippen LogP contribution in [0.15, 0.2) is 24.3 Å². The van der Waals surface area contributed by atoms with E-state index in [-0.39, 0.29) is 17.8 Å². The fraction of sp³-hybridized carbons (Fsp3) is 0.385. The molecule has 0 spiro atoms. The standard InChI is InChI=1S/C13H15NO3/c1-17-12(15)8-4-6-10-9-5-2-3-7-11(9)14-13(10)16/h2-3,5,7,10H,4,6,8H2,1H3,(H,14,16)/t10-/m1/s1. The maximum absolute atomic E-state index is 11.7. The third-order valence-corrected chi connectivity index (χ3v) is 3.01. The summed E-state index contributed by atoms with van der Waals surface area (Å²) >= 11 is 0. The Kier molecular flexibility index (Phi) is 3.42. The molecule has 4 nitrogen and oxygen atoms in total. The van der Waals surface area contributed by atoms with Gasteiger partial charge in [0, 0.05) is 12.1 Å². The van der Waals surface area contributed by atoms with Gasteiger partial charge in [-0.25, -0.2) is 0 Å². The first-order valence-electron chi connectivity index (χ1n) is 5.69. The third kappa shape index (κ3) is 2.46. The number of anilines is 1. The highest BCUT2D eigenvalue weighted by Gasteiger charge is 2.29. The van der Waals surface area contributed by atoms with Crippen LogP contribution in [0.5, 0.6) is 0 Å². The van der Waals surface area contributed by atoms with Gasteiger partial charge in [-0.05, 0) is 24.5 Å². The number of amides is 1. The van der Waals surface area contributed by atoms with Gasteiger partial charge in [0.1, 0.15) is 0 Å². The maximum Gasteiger partial charge on any atom is 0.305 e. The highest BCUT2D eigenvalue weighted by molar-refractivity contribution is 6.02. The Morgan fingerprint density at radius 1 is 1.41 bits per heavy atom. The lowest BCUT2D eigenvalue weighted by atomic mass is 9.95. The lowest BCUT2D eigenvalue weighted by molar-refractivity contribution is -0.140. The van der Waals surface area contributed by atoms with E-state index in [9.17, 15) is 9.59 Å². The molecule has 0 aromatic heterocycles. The van der Waals surface area contributed by atoms with E-state index >= 15 is 0 Å². The zero-order chi connectivity index (χ0) is 12.3. The average molecular weight is 233 g/mol. The predicted octanol–water partition coefficient (Wildman–Crippen LogP) is 2.07. The Balaban J connectivity index is 1.97. The molecule has 4 heteroatoms. The Bertz CT molecular complexity index is 442. The van der Waals surface area contributed by atoms with Crippen molar-refractivity contribution in [2.24, 2.45) is 0 Å². The van der Waals surface area contributed by atoms with Crippen molar-refractivity contribution in [3.63, 3.8) is 0 Å². The second-order valence-corrected chi connectivity index (χ2v) is 4.10. The fourth-order valence-corrected chi connectivity index (χ4v) is 2.11. The van der Waals surface area contributed by atoms with Crippen LogP contribution < -0.4 is 5.32 Å². The summed E-state index contributed by atoms with van der Waals surface area (Å²) in [6.07, 6.45) is 1.71.